The summed E-state index contributed by atoms with van der Waals surface area (Å²) in [5.41, 5.74) is 0. The molecule has 0 fully saturated rings. The second kappa shape index (κ2) is 6.71. The van der Waals surface area contributed by atoms with Crippen molar-refractivity contribution in [2.24, 2.45) is 0 Å². The van der Waals surface area contributed by atoms with Crippen LogP contribution in [0.2, 0.25) is 0 Å². The monoisotopic (exact) mass is 234 g/mol. The summed E-state index contributed by atoms with van der Waals surface area (Å²) >= 11 is 1.36. The quantitative estimate of drug-likeness (QED) is 0.630. The van der Waals surface area contributed by atoms with Gasteiger partial charge in [0, 0.05) is 6.42 Å². The van der Waals surface area contributed by atoms with Crippen LogP contribution in [0.4, 0.5) is 0 Å². The largest absolute Gasteiger partial charge is 0.481 e. The molecule has 0 heterocycles. The number of hydrogen-bond donors (Lipinski definition) is 2. The van der Waals surface area contributed by atoms with Crippen molar-refractivity contribution in [1.82, 2.24) is 0 Å². The third kappa shape index (κ3) is 4.55. The third-order valence-electron chi connectivity index (χ3n) is 2.45. The van der Waals surface area contributed by atoms with Crippen molar-refractivity contribution in [2.45, 2.75) is 44.3 Å². The summed E-state index contributed by atoms with van der Waals surface area (Å²) in [5, 5.41) is 17.5. The normalized spacial score (nSPS) is 11.3. The van der Waals surface area contributed by atoms with Gasteiger partial charge in [0.2, 0.25) is 0 Å². The first kappa shape index (κ1) is 14.3. The number of carbonyl (C=O) groups is 2. The van der Waals surface area contributed by atoms with E-state index < -0.39 is 16.7 Å². The van der Waals surface area contributed by atoms with Crippen LogP contribution < -0.4 is 0 Å². The molecule has 0 amide bonds. The van der Waals surface area contributed by atoms with Crippen molar-refractivity contribution in [3.05, 3.63) is 0 Å². The van der Waals surface area contributed by atoms with E-state index in [-0.39, 0.29) is 6.42 Å². The molecule has 0 aromatic heterocycles. The predicted octanol–water partition coefficient (Wildman–Crippen LogP) is 2.23. The molecule has 0 rings (SSSR count). The van der Waals surface area contributed by atoms with Crippen LogP contribution in [0, 0.1) is 0 Å². The molecule has 0 aliphatic heterocycles. The smallest absolute Gasteiger partial charge is 0.319 e. The van der Waals surface area contributed by atoms with Crippen LogP contribution in [0.1, 0.15) is 39.5 Å². The first-order valence-corrected chi connectivity index (χ1v) is 6.06. The van der Waals surface area contributed by atoms with Gasteiger partial charge in [-0.15, -0.1) is 11.8 Å². The number of aliphatic carboxylic acids is 2. The van der Waals surface area contributed by atoms with E-state index in [1.54, 1.807) is 0 Å². The second-order valence-electron chi connectivity index (χ2n) is 3.35. The summed E-state index contributed by atoms with van der Waals surface area (Å²) in [6.45, 7) is 3.70. The Morgan fingerprint density at radius 1 is 1.20 bits per heavy atom. The van der Waals surface area contributed by atoms with E-state index in [2.05, 4.69) is 0 Å². The maximum atomic E-state index is 11.1. The number of rotatable bonds is 8. The maximum absolute atomic E-state index is 11.1. The zero-order chi connectivity index (χ0) is 11.9. The lowest BCUT2D eigenvalue weighted by Gasteiger charge is -2.25. The number of carboxylic acid groups (broad SMARTS) is 2. The number of hydrogen-bond acceptors (Lipinski definition) is 3. The van der Waals surface area contributed by atoms with Gasteiger partial charge in [-0.25, -0.2) is 0 Å². The zero-order valence-corrected chi connectivity index (χ0v) is 9.97. The Kier molecular flexibility index (Phi) is 6.40. The summed E-state index contributed by atoms with van der Waals surface area (Å²) in [7, 11) is 0. The molecule has 4 nitrogen and oxygen atoms in total. The fourth-order valence-corrected chi connectivity index (χ4v) is 2.52. The van der Waals surface area contributed by atoms with Crippen molar-refractivity contribution < 1.29 is 19.8 Å². The molecule has 0 spiro atoms. The van der Waals surface area contributed by atoms with E-state index in [1.807, 2.05) is 13.8 Å². The average Bonchev–Trinajstić information content (AvgIpc) is 2.18. The van der Waals surface area contributed by atoms with Gasteiger partial charge >= 0.3 is 11.9 Å². The van der Waals surface area contributed by atoms with Crippen molar-refractivity contribution in [1.29, 1.82) is 0 Å². The molecule has 15 heavy (non-hydrogen) atoms. The fraction of sp³-hybridized carbons (Fsp3) is 0.800. The number of thioether (sulfide) groups is 1. The minimum atomic E-state index is -0.829. The van der Waals surface area contributed by atoms with Gasteiger partial charge in [-0.2, -0.15) is 0 Å². The Labute approximate surface area is 94.1 Å². The lowest BCUT2D eigenvalue weighted by Crippen LogP contribution is -2.34. The summed E-state index contributed by atoms with van der Waals surface area (Å²) in [4.78, 5) is 21.3. The Balaban J connectivity index is 4.07. The average molecular weight is 234 g/mol. The number of carboxylic acids is 2. The van der Waals surface area contributed by atoms with Crippen LogP contribution in [-0.4, -0.2) is 32.7 Å². The Morgan fingerprint density at radius 2 is 1.73 bits per heavy atom. The highest BCUT2D eigenvalue weighted by Gasteiger charge is 2.34. The molecule has 2 N–H and O–H groups in total. The first-order valence-electron chi connectivity index (χ1n) is 5.07. The van der Waals surface area contributed by atoms with E-state index >= 15 is 0 Å². The molecule has 0 aliphatic carbocycles. The van der Waals surface area contributed by atoms with Crippen LogP contribution in [-0.2, 0) is 9.59 Å². The molecule has 0 atom stereocenters. The summed E-state index contributed by atoms with van der Waals surface area (Å²) < 4.78 is -0.738. The van der Waals surface area contributed by atoms with Crippen molar-refractivity contribution in [3.63, 3.8) is 0 Å². The summed E-state index contributed by atoms with van der Waals surface area (Å²) in [5.74, 6) is -1.04. The van der Waals surface area contributed by atoms with Crippen LogP contribution in [0.25, 0.3) is 0 Å². The van der Waals surface area contributed by atoms with Gasteiger partial charge in [-0.05, 0) is 25.0 Å². The van der Waals surface area contributed by atoms with Crippen molar-refractivity contribution in [2.75, 3.05) is 5.75 Å². The van der Waals surface area contributed by atoms with Gasteiger partial charge in [0.15, 0.2) is 0 Å². The van der Waals surface area contributed by atoms with Gasteiger partial charge in [0.1, 0.15) is 4.75 Å². The van der Waals surface area contributed by atoms with E-state index in [4.69, 9.17) is 10.2 Å². The third-order valence-corrected chi connectivity index (χ3v) is 4.24. The Morgan fingerprint density at radius 3 is 2.07 bits per heavy atom. The molecule has 0 saturated carbocycles. The van der Waals surface area contributed by atoms with Crippen LogP contribution >= 0.6 is 11.8 Å². The molecule has 0 aromatic rings. The van der Waals surface area contributed by atoms with Crippen molar-refractivity contribution in [3.8, 4) is 0 Å². The molecule has 88 valence electrons. The van der Waals surface area contributed by atoms with Gasteiger partial charge in [0.25, 0.3) is 0 Å². The highest BCUT2D eigenvalue weighted by molar-refractivity contribution is 8.01. The molecule has 5 heteroatoms. The molecule has 0 unspecified atom stereocenters. The zero-order valence-electron chi connectivity index (χ0n) is 9.15. The predicted molar refractivity (Wildman–Crippen MR) is 60.3 cm³/mol. The van der Waals surface area contributed by atoms with Gasteiger partial charge < -0.3 is 10.2 Å². The minimum Gasteiger partial charge on any atom is -0.481 e. The first-order chi connectivity index (χ1) is 6.98. The molecule has 0 aliphatic rings. The lowest BCUT2D eigenvalue weighted by molar-refractivity contribution is -0.140. The molecule has 0 radical (unpaired) electrons. The fourth-order valence-electron chi connectivity index (χ4n) is 1.31. The Hall–Kier alpha value is -0.710. The molecule has 0 bridgehead atoms. The van der Waals surface area contributed by atoms with Gasteiger partial charge in [-0.1, -0.05) is 13.8 Å². The maximum Gasteiger partial charge on any atom is 0.319 e. The molecule has 0 saturated heterocycles. The van der Waals surface area contributed by atoms with E-state index in [1.165, 1.54) is 11.8 Å². The highest BCUT2D eigenvalue weighted by atomic mass is 32.2. The van der Waals surface area contributed by atoms with Crippen molar-refractivity contribution >= 4 is 23.7 Å². The standard InChI is InChI=1S/C10H18O4S/c1-3-10(4-2,9(13)14)15-7-5-6-8(11)12/h3-7H2,1-2H3,(H,11,12)(H,13,14). The van der Waals surface area contributed by atoms with Crippen LogP contribution in [0.5, 0.6) is 0 Å². The van der Waals surface area contributed by atoms with Gasteiger partial charge in [0.05, 0.1) is 0 Å². The SMILES string of the molecule is CCC(CC)(SCCCC(=O)O)C(=O)O. The molecule has 0 aromatic carbocycles. The van der Waals surface area contributed by atoms with E-state index in [9.17, 15) is 9.59 Å². The van der Waals surface area contributed by atoms with E-state index in [0.717, 1.165) is 0 Å². The van der Waals surface area contributed by atoms with E-state index in [0.29, 0.717) is 25.0 Å². The molecular formula is C10H18O4S. The Bertz CT molecular complexity index is 223. The van der Waals surface area contributed by atoms with Crippen LogP contribution in [0.3, 0.4) is 0 Å². The van der Waals surface area contributed by atoms with Gasteiger partial charge in [-0.3, -0.25) is 9.59 Å². The molecular weight excluding hydrogens is 216 g/mol. The highest BCUT2D eigenvalue weighted by Crippen LogP contribution is 2.33. The lowest BCUT2D eigenvalue weighted by atomic mass is 10.0. The topological polar surface area (TPSA) is 74.6 Å². The summed E-state index contributed by atoms with van der Waals surface area (Å²) in [6.07, 6.45) is 1.76. The second-order valence-corrected chi connectivity index (χ2v) is 4.83. The minimum absolute atomic E-state index is 0.107. The summed E-state index contributed by atoms with van der Waals surface area (Å²) in [6, 6.07) is 0. The van der Waals surface area contributed by atoms with Crippen LogP contribution in [0.15, 0.2) is 0 Å².